The van der Waals surface area contributed by atoms with Crippen molar-refractivity contribution in [1.29, 1.82) is 0 Å². The molecule has 0 aromatic heterocycles. The van der Waals surface area contributed by atoms with Crippen molar-refractivity contribution in [2.75, 3.05) is 5.75 Å². The van der Waals surface area contributed by atoms with Gasteiger partial charge in [0.05, 0.1) is 6.04 Å². The molecule has 0 aliphatic rings. The molecule has 5 unspecified atom stereocenters. The van der Waals surface area contributed by atoms with E-state index in [2.05, 4.69) is 28.6 Å². The highest BCUT2D eigenvalue weighted by molar-refractivity contribution is 7.80. The van der Waals surface area contributed by atoms with Gasteiger partial charge in [-0.05, 0) is 23.8 Å². The predicted octanol–water partition coefficient (Wildman–Crippen LogP) is 1.12. The number of carboxylic acid groups (broad SMARTS) is 1. The van der Waals surface area contributed by atoms with Crippen LogP contribution in [0.25, 0.3) is 0 Å². The lowest BCUT2D eigenvalue weighted by atomic mass is 9.97. The highest BCUT2D eigenvalue weighted by atomic mass is 32.1. The molecule has 34 heavy (non-hydrogen) atoms. The van der Waals surface area contributed by atoms with Gasteiger partial charge in [-0.25, -0.2) is 4.79 Å². The summed E-state index contributed by atoms with van der Waals surface area (Å²) in [5.41, 5.74) is 6.81. The van der Waals surface area contributed by atoms with Gasteiger partial charge in [0.25, 0.3) is 0 Å². The largest absolute Gasteiger partial charge is 0.480 e. The topological polar surface area (TPSA) is 151 Å². The average molecular weight is 495 g/mol. The maximum absolute atomic E-state index is 13.2. The number of carbonyl (C=O) groups excluding carboxylic acids is 3. The lowest BCUT2D eigenvalue weighted by molar-refractivity contribution is -0.141. The fourth-order valence-electron chi connectivity index (χ4n) is 3.27. The summed E-state index contributed by atoms with van der Waals surface area (Å²) in [6.45, 7) is 7.62. The number of hydrogen-bond acceptors (Lipinski definition) is 6. The Kier molecular flexibility index (Phi) is 12.7. The molecule has 10 heteroatoms. The number of nitrogens with two attached hydrogens (primary N) is 1. The molecule has 0 fully saturated rings. The normalized spacial score (nSPS) is 15.5. The second kappa shape index (κ2) is 14.6. The summed E-state index contributed by atoms with van der Waals surface area (Å²) < 4.78 is 0. The molecule has 0 bridgehead atoms. The minimum absolute atomic E-state index is 0.0615. The van der Waals surface area contributed by atoms with Crippen LogP contribution in [0, 0.1) is 11.8 Å². The van der Waals surface area contributed by atoms with E-state index < -0.39 is 47.9 Å². The van der Waals surface area contributed by atoms with Gasteiger partial charge < -0.3 is 26.8 Å². The maximum Gasteiger partial charge on any atom is 0.327 e. The molecule has 190 valence electrons. The maximum atomic E-state index is 13.2. The fourth-order valence-corrected chi connectivity index (χ4v) is 3.52. The van der Waals surface area contributed by atoms with Crippen LogP contribution in [0.3, 0.4) is 0 Å². The summed E-state index contributed by atoms with van der Waals surface area (Å²) in [6, 6.07) is 5.13. The summed E-state index contributed by atoms with van der Waals surface area (Å²) in [7, 11) is 0. The summed E-state index contributed by atoms with van der Waals surface area (Å²) in [4.78, 5) is 50.1. The van der Waals surface area contributed by atoms with E-state index in [9.17, 15) is 24.3 Å². The first kappa shape index (κ1) is 29.4. The summed E-state index contributed by atoms with van der Waals surface area (Å²) in [5, 5.41) is 17.1. The second-order valence-corrected chi connectivity index (χ2v) is 9.30. The summed E-state index contributed by atoms with van der Waals surface area (Å²) in [5.74, 6) is -2.92. The van der Waals surface area contributed by atoms with E-state index in [4.69, 9.17) is 5.73 Å². The number of nitrogens with one attached hydrogen (secondary N) is 3. The van der Waals surface area contributed by atoms with Crippen LogP contribution in [0.1, 0.15) is 46.1 Å². The number of amides is 3. The molecular weight excluding hydrogens is 456 g/mol. The molecule has 0 radical (unpaired) electrons. The van der Waals surface area contributed by atoms with Gasteiger partial charge in [0.15, 0.2) is 0 Å². The lowest BCUT2D eigenvalue weighted by Crippen LogP contribution is -2.58. The van der Waals surface area contributed by atoms with Crippen molar-refractivity contribution >= 4 is 36.3 Å². The Balaban J connectivity index is 3.09. The SMILES string of the molecule is CCC(C)C(N)C(=O)NC(CC(C)C)C(=O)NC(Cc1ccccc1)C(=O)NC(CS)C(=O)O. The average Bonchev–Trinajstić information content (AvgIpc) is 2.80. The third kappa shape index (κ3) is 9.72. The van der Waals surface area contributed by atoms with Gasteiger partial charge in [-0.2, -0.15) is 12.6 Å². The van der Waals surface area contributed by atoms with E-state index >= 15 is 0 Å². The van der Waals surface area contributed by atoms with Crippen molar-refractivity contribution in [3.63, 3.8) is 0 Å². The van der Waals surface area contributed by atoms with E-state index in [1.807, 2.05) is 33.8 Å². The molecule has 1 rings (SSSR count). The fraction of sp³-hybridized carbons (Fsp3) is 0.583. The Bertz CT molecular complexity index is 821. The predicted molar refractivity (Wildman–Crippen MR) is 134 cm³/mol. The molecule has 3 amide bonds. The Hall–Kier alpha value is -2.59. The first-order valence-corrected chi connectivity index (χ1v) is 12.2. The van der Waals surface area contributed by atoms with Crippen molar-refractivity contribution in [2.45, 2.75) is 71.1 Å². The molecule has 5 atom stereocenters. The van der Waals surface area contributed by atoms with Crippen molar-refractivity contribution in [3.05, 3.63) is 35.9 Å². The number of thiol groups is 1. The van der Waals surface area contributed by atoms with Gasteiger partial charge in [0.2, 0.25) is 17.7 Å². The van der Waals surface area contributed by atoms with E-state index in [1.54, 1.807) is 24.3 Å². The third-order valence-electron chi connectivity index (χ3n) is 5.61. The zero-order chi connectivity index (χ0) is 25.8. The van der Waals surface area contributed by atoms with E-state index in [0.717, 1.165) is 5.56 Å². The number of carbonyl (C=O) groups is 4. The molecule has 0 saturated heterocycles. The Morgan fingerprint density at radius 3 is 1.94 bits per heavy atom. The van der Waals surface area contributed by atoms with E-state index in [1.165, 1.54) is 0 Å². The highest BCUT2D eigenvalue weighted by Gasteiger charge is 2.31. The molecular formula is C24H38N4O5S. The van der Waals surface area contributed by atoms with Crippen LogP contribution >= 0.6 is 12.6 Å². The van der Waals surface area contributed by atoms with Gasteiger partial charge in [-0.1, -0.05) is 64.4 Å². The molecule has 0 spiro atoms. The van der Waals surface area contributed by atoms with Crippen molar-refractivity contribution in [2.24, 2.45) is 17.6 Å². The first-order chi connectivity index (χ1) is 16.0. The van der Waals surface area contributed by atoms with Gasteiger partial charge in [0.1, 0.15) is 18.1 Å². The third-order valence-corrected chi connectivity index (χ3v) is 5.98. The molecule has 0 heterocycles. The van der Waals surface area contributed by atoms with Crippen LogP contribution in [-0.2, 0) is 25.6 Å². The zero-order valence-corrected chi connectivity index (χ0v) is 21.2. The minimum Gasteiger partial charge on any atom is -0.480 e. The van der Waals surface area contributed by atoms with Crippen LogP contribution in [-0.4, -0.2) is 58.7 Å². The first-order valence-electron chi connectivity index (χ1n) is 11.5. The van der Waals surface area contributed by atoms with Crippen LogP contribution in [0.4, 0.5) is 0 Å². The van der Waals surface area contributed by atoms with Crippen molar-refractivity contribution in [3.8, 4) is 0 Å². The monoisotopic (exact) mass is 494 g/mol. The number of carboxylic acids is 1. The van der Waals surface area contributed by atoms with Crippen LogP contribution in [0.2, 0.25) is 0 Å². The van der Waals surface area contributed by atoms with Gasteiger partial charge in [0, 0.05) is 12.2 Å². The quantitative estimate of drug-likeness (QED) is 0.213. The number of benzene rings is 1. The summed E-state index contributed by atoms with van der Waals surface area (Å²) >= 11 is 3.98. The molecule has 0 aliphatic carbocycles. The standard InChI is InChI=1S/C24H38N4O5S/c1-5-15(4)20(25)23(31)27-17(11-14(2)3)21(29)26-18(12-16-9-7-6-8-10-16)22(30)28-19(13-34)24(32)33/h6-10,14-15,17-20,34H,5,11-13,25H2,1-4H3,(H,26,29)(H,27,31)(H,28,30)(H,32,33). The number of aliphatic carboxylic acids is 1. The Morgan fingerprint density at radius 2 is 1.44 bits per heavy atom. The Morgan fingerprint density at radius 1 is 0.912 bits per heavy atom. The summed E-state index contributed by atoms with van der Waals surface area (Å²) in [6.07, 6.45) is 1.20. The van der Waals surface area contributed by atoms with Crippen LogP contribution < -0.4 is 21.7 Å². The smallest absolute Gasteiger partial charge is 0.327 e. The van der Waals surface area contributed by atoms with Crippen molar-refractivity contribution in [1.82, 2.24) is 16.0 Å². The van der Waals surface area contributed by atoms with Gasteiger partial charge in [-0.3, -0.25) is 14.4 Å². The minimum atomic E-state index is -1.22. The molecule has 0 aliphatic heterocycles. The van der Waals surface area contributed by atoms with Crippen LogP contribution in [0.5, 0.6) is 0 Å². The van der Waals surface area contributed by atoms with Crippen molar-refractivity contribution < 1.29 is 24.3 Å². The molecule has 1 aromatic rings. The van der Waals surface area contributed by atoms with E-state index in [0.29, 0.717) is 12.8 Å². The molecule has 1 aromatic carbocycles. The number of hydrogen-bond donors (Lipinski definition) is 6. The molecule has 9 nitrogen and oxygen atoms in total. The van der Waals surface area contributed by atoms with Gasteiger partial charge in [-0.15, -0.1) is 0 Å². The second-order valence-electron chi connectivity index (χ2n) is 8.93. The lowest BCUT2D eigenvalue weighted by Gasteiger charge is -2.27. The van der Waals surface area contributed by atoms with Gasteiger partial charge >= 0.3 is 5.97 Å². The highest BCUT2D eigenvalue weighted by Crippen LogP contribution is 2.10. The molecule has 6 N–H and O–H groups in total. The van der Waals surface area contributed by atoms with E-state index in [-0.39, 0.29) is 24.0 Å². The Labute approximate surface area is 207 Å². The molecule has 0 saturated carbocycles. The number of rotatable bonds is 14. The zero-order valence-electron chi connectivity index (χ0n) is 20.3. The van der Waals surface area contributed by atoms with Crippen LogP contribution in [0.15, 0.2) is 30.3 Å².